The summed E-state index contributed by atoms with van der Waals surface area (Å²) in [6.07, 6.45) is 2.65. The molecule has 10 heteroatoms. The van der Waals surface area contributed by atoms with E-state index in [0.29, 0.717) is 11.4 Å². The summed E-state index contributed by atoms with van der Waals surface area (Å²) in [4.78, 5) is 25.2. The minimum Gasteiger partial charge on any atom is -0.495 e. The predicted molar refractivity (Wildman–Crippen MR) is 152 cm³/mol. The number of para-hydroxylation sites is 3. The first-order valence-electron chi connectivity index (χ1n) is 12.1. The Hall–Kier alpha value is -5.25. The van der Waals surface area contributed by atoms with Gasteiger partial charge in [0.05, 0.1) is 36.2 Å². The molecule has 1 atom stereocenters. The molecule has 5 rings (SSSR count). The first-order valence-corrected chi connectivity index (χ1v) is 12.1. The van der Waals surface area contributed by atoms with Crippen molar-refractivity contribution in [3.05, 3.63) is 108 Å². The van der Waals surface area contributed by atoms with E-state index in [0.717, 1.165) is 28.3 Å². The molecule has 3 aromatic carbocycles. The molecule has 198 valence electrons. The Morgan fingerprint density at radius 3 is 2.44 bits per heavy atom. The Balaban J connectivity index is 0.000000212. The lowest BCUT2D eigenvalue weighted by atomic mass is 10.0. The third-order valence-electron chi connectivity index (χ3n) is 5.56. The summed E-state index contributed by atoms with van der Waals surface area (Å²) in [6.45, 7) is 3.38. The van der Waals surface area contributed by atoms with E-state index in [1.54, 1.807) is 19.5 Å². The van der Waals surface area contributed by atoms with Gasteiger partial charge < -0.3 is 25.1 Å². The van der Waals surface area contributed by atoms with Crippen molar-refractivity contribution < 1.29 is 14.3 Å². The molecule has 10 nitrogen and oxygen atoms in total. The van der Waals surface area contributed by atoms with Crippen LogP contribution in [0.25, 0.3) is 5.69 Å². The average Bonchev–Trinajstić information content (AvgIpc) is 3.32. The van der Waals surface area contributed by atoms with E-state index in [4.69, 9.17) is 20.6 Å². The minimum absolute atomic E-state index is 0.120. The zero-order chi connectivity index (χ0) is 27.8. The van der Waals surface area contributed by atoms with Crippen molar-refractivity contribution in [2.24, 2.45) is 15.7 Å². The number of amidine groups is 1. The number of hydrogen-bond donors (Lipinski definition) is 3. The number of aryl methyl sites for hydroxylation is 1. The fourth-order valence-electron chi connectivity index (χ4n) is 3.86. The van der Waals surface area contributed by atoms with Gasteiger partial charge in [0, 0.05) is 24.2 Å². The van der Waals surface area contributed by atoms with Crippen LogP contribution in [0.2, 0.25) is 0 Å². The van der Waals surface area contributed by atoms with E-state index < -0.39 is 12.1 Å². The maximum Gasteiger partial charge on any atom is 0.291 e. The third kappa shape index (κ3) is 6.75. The number of amides is 1. The molecule has 4 aromatic rings. The molecule has 4 N–H and O–H groups in total. The van der Waals surface area contributed by atoms with Gasteiger partial charge in [-0.3, -0.25) is 10.2 Å². The van der Waals surface area contributed by atoms with E-state index >= 15 is 0 Å². The molecule has 0 aliphatic carbocycles. The maximum atomic E-state index is 12.5. The van der Waals surface area contributed by atoms with Crippen LogP contribution < -0.4 is 15.8 Å². The van der Waals surface area contributed by atoms with Crippen molar-refractivity contribution in [1.29, 1.82) is 5.41 Å². The highest BCUT2D eigenvalue weighted by Crippen LogP contribution is 2.24. The molecule has 2 heterocycles. The van der Waals surface area contributed by atoms with Gasteiger partial charge in [-0.25, -0.2) is 9.98 Å². The van der Waals surface area contributed by atoms with Gasteiger partial charge in [-0.05, 0) is 25.1 Å². The molecule has 0 bridgehead atoms. The second-order valence-electron chi connectivity index (χ2n) is 8.47. The molecule has 1 aromatic heterocycles. The van der Waals surface area contributed by atoms with Crippen LogP contribution in [0.1, 0.15) is 23.7 Å². The summed E-state index contributed by atoms with van der Waals surface area (Å²) in [5, 5.41) is 10.1. The van der Waals surface area contributed by atoms with Crippen molar-refractivity contribution in [2.45, 2.75) is 20.0 Å². The summed E-state index contributed by atoms with van der Waals surface area (Å²) in [5.41, 5.74) is 10.6. The molecule has 0 radical (unpaired) electrons. The number of methoxy groups -OCH3 is 1. The van der Waals surface area contributed by atoms with E-state index in [1.807, 2.05) is 90.5 Å². The SMILES string of the molecule is CC(=N)O/C(N)=N/C1N=C(c2ccccc2)c2ccccc2NC1=O.COc1ccccc1-n1cnc(C)c1. The number of aliphatic imine (C=N–C) groups is 2. The lowest BCUT2D eigenvalue weighted by Crippen LogP contribution is -2.28. The van der Waals surface area contributed by atoms with Gasteiger partial charge in [-0.2, -0.15) is 4.99 Å². The number of ether oxygens (including phenoxy) is 2. The van der Waals surface area contributed by atoms with Crippen LogP contribution in [-0.2, 0) is 9.53 Å². The third-order valence-corrected chi connectivity index (χ3v) is 5.56. The van der Waals surface area contributed by atoms with Crippen LogP contribution in [-0.4, -0.2) is 46.4 Å². The quantitative estimate of drug-likeness (QED) is 0.270. The number of benzodiazepines with no additional fused rings is 1. The van der Waals surface area contributed by atoms with E-state index in [9.17, 15) is 4.79 Å². The molecule has 1 aliphatic rings. The summed E-state index contributed by atoms with van der Waals surface area (Å²) < 4.78 is 12.1. The number of benzene rings is 3. The van der Waals surface area contributed by atoms with Gasteiger partial charge in [0.1, 0.15) is 5.75 Å². The number of carbonyl (C=O) groups excluding carboxylic acids is 1. The highest BCUT2D eigenvalue weighted by atomic mass is 16.5. The average molecular weight is 524 g/mol. The van der Waals surface area contributed by atoms with Crippen LogP contribution in [0.3, 0.4) is 0 Å². The van der Waals surface area contributed by atoms with E-state index in [2.05, 4.69) is 20.3 Å². The fourth-order valence-corrected chi connectivity index (χ4v) is 3.86. The Kier molecular flexibility index (Phi) is 8.47. The topological polar surface area (TPSA) is 140 Å². The smallest absolute Gasteiger partial charge is 0.291 e. The Bertz CT molecular complexity index is 1530. The predicted octanol–water partition coefficient (Wildman–Crippen LogP) is 4.32. The van der Waals surface area contributed by atoms with Crippen LogP contribution in [0, 0.1) is 12.3 Å². The van der Waals surface area contributed by atoms with Crippen LogP contribution >= 0.6 is 0 Å². The molecule has 0 fully saturated rings. The minimum atomic E-state index is -1.11. The van der Waals surface area contributed by atoms with Gasteiger partial charge >= 0.3 is 0 Å². The second-order valence-corrected chi connectivity index (χ2v) is 8.47. The molecule has 0 saturated heterocycles. The van der Waals surface area contributed by atoms with Crippen molar-refractivity contribution in [3.63, 3.8) is 0 Å². The van der Waals surface area contributed by atoms with Gasteiger partial charge in [0.25, 0.3) is 11.9 Å². The molecule has 0 spiro atoms. The second kappa shape index (κ2) is 12.3. The molecule has 39 heavy (non-hydrogen) atoms. The number of hydrogen-bond acceptors (Lipinski definition) is 7. The lowest BCUT2D eigenvalue weighted by Gasteiger charge is -2.09. The van der Waals surface area contributed by atoms with Crippen LogP contribution in [0.15, 0.2) is 101 Å². The Labute approximate surface area is 226 Å². The summed E-state index contributed by atoms with van der Waals surface area (Å²) in [6, 6.07) is 24.5. The number of fused-ring (bicyclic) bond motifs is 1. The number of nitrogens with one attached hydrogen (secondary N) is 2. The monoisotopic (exact) mass is 523 g/mol. The van der Waals surface area contributed by atoms with Gasteiger partial charge in [-0.15, -0.1) is 0 Å². The Morgan fingerprint density at radius 1 is 1.05 bits per heavy atom. The zero-order valence-electron chi connectivity index (χ0n) is 21.8. The fraction of sp³-hybridized carbons (Fsp3) is 0.138. The number of aromatic nitrogens is 2. The molecular formula is C29H29N7O3. The van der Waals surface area contributed by atoms with E-state index in [-0.39, 0.29) is 11.9 Å². The number of anilines is 1. The number of rotatable bonds is 4. The molecule has 1 aliphatic heterocycles. The number of imidazole rings is 1. The Morgan fingerprint density at radius 2 is 1.74 bits per heavy atom. The standard InChI is InChI=1S/C18H17N5O2.C11H12N2O/c1-11(19)25-18(20)23-16-17(24)21-14-10-6-5-9-13(14)15(22-16)12-7-3-2-4-8-12;1-9-7-13(8-12-9)10-5-3-4-6-11(10)14-2/h2-10,16,19H,1H3,(H2,20,23)(H,21,24);3-8H,1-2H3. The maximum absolute atomic E-state index is 12.5. The molecule has 1 amide bonds. The van der Waals surface area contributed by atoms with Crippen molar-refractivity contribution in [3.8, 4) is 11.4 Å². The highest BCUT2D eigenvalue weighted by molar-refractivity contribution is 6.19. The number of carbonyl (C=O) groups is 1. The zero-order valence-corrected chi connectivity index (χ0v) is 21.8. The molecule has 1 unspecified atom stereocenters. The van der Waals surface area contributed by atoms with Crippen LogP contribution in [0.5, 0.6) is 5.75 Å². The van der Waals surface area contributed by atoms with Gasteiger partial charge in [0.2, 0.25) is 6.17 Å². The first-order chi connectivity index (χ1) is 18.9. The van der Waals surface area contributed by atoms with E-state index in [1.165, 1.54) is 6.92 Å². The van der Waals surface area contributed by atoms with Crippen molar-refractivity contribution >= 4 is 29.2 Å². The normalized spacial score (nSPS) is 14.5. The van der Waals surface area contributed by atoms with Gasteiger partial charge in [-0.1, -0.05) is 60.7 Å². The molecular weight excluding hydrogens is 494 g/mol. The first kappa shape index (κ1) is 26.8. The lowest BCUT2D eigenvalue weighted by molar-refractivity contribution is -0.117. The van der Waals surface area contributed by atoms with Crippen molar-refractivity contribution in [2.75, 3.05) is 12.4 Å². The summed E-state index contributed by atoms with van der Waals surface area (Å²) in [5.74, 6) is 0.309. The van der Waals surface area contributed by atoms with Crippen LogP contribution in [0.4, 0.5) is 5.69 Å². The number of nitrogens with two attached hydrogens (primary N) is 1. The summed E-state index contributed by atoms with van der Waals surface area (Å²) >= 11 is 0. The molecule has 0 saturated carbocycles. The largest absolute Gasteiger partial charge is 0.495 e. The van der Waals surface area contributed by atoms with Crippen molar-refractivity contribution in [1.82, 2.24) is 9.55 Å². The van der Waals surface area contributed by atoms with Gasteiger partial charge in [0.15, 0.2) is 5.90 Å². The summed E-state index contributed by atoms with van der Waals surface area (Å²) in [7, 11) is 1.67. The number of nitrogens with zero attached hydrogens (tertiary/aromatic N) is 4. The highest BCUT2D eigenvalue weighted by Gasteiger charge is 2.25.